The third kappa shape index (κ3) is 3.44. The van der Waals surface area contributed by atoms with E-state index in [0.29, 0.717) is 37.7 Å². The van der Waals surface area contributed by atoms with Crippen molar-refractivity contribution in [1.29, 1.82) is 0 Å². The minimum absolute atomic E-state index is 0.0540. The first-order valence-electron chi connectivity index (χ1n) is 7.73. The molecule has 0 spiro atoms. The van der Waals surface area contributed by atoms with Crippen molar-refractivity contribution in [1.82, 2.24) is 4.90 Å². The Kier molecular flexibility index (Phi) is 4.38. The van der Waals surface area contributed by atoms with Crippen LogP contribution in [-0.2, 0) is 4.74 Å². The number of nitrogens with one attached hydrogen (secondary N) is 1. The van der Waals surface area contributed by atoms with E-state index in [1.807, 2.05) is 32.0 Å². The first-order valence-corrected chi connectivity index (χ1v) is 7.73. The van der Waals surface area contributed by atoms with Crippen LogP contribution in [-0.4, -0.2) is 49.4 Å². The van der Waals surface area contributed by atoms with Crippen LogP contribution in [0.1, 0.15) is 20.3 Å². The number of anilines is 1. The number of nitrogens with zero attached hydrogens (tertiary/aromatic N) is 1. The van der Waals surface area contributed by atoms with Gasteiger partial charge in [0.1, 0.15) is 0 Å². The second-order valence-corrected chi connectivity index (χ2v) is 5.80. The van der Waals surface area contributed by atoms with Crippen molar-refractivity contribution in [3.05, 3.63) is 18.2 Å². The Bertz CT molecular complexity index is 539. The average Bonchev–Trinajstić information content (AvgIpc) is 2.71. The van der Waals surface area contributed by atoms with Crippen LogP contribution in [0.3, 0.4) is 0 Å². The number of morpholine rings is 1. The zero-order valence-corrected chi connectivity index (χ0v) is 13.0. The summed E-state index contributed by atoms with van der Waals surface area (Å²) in [6.07, 6.45) is 0.969. The van der Waals surface area contributed by atoms with Gasteiger partial charge in [0, 0.05) is 31.3 Å². The van der Waals surface area contributed by atoms with Crippen molar-refractivity contribution in [3.63, 3.8) is 0 Å². The number of hydrogen-bond donors (Lipinski definition) is 1. The molecule has 1 aromatic carbocycles. The molecule has 1 fully saturated rings. The zero-order chi connectivity index (χ0) is 15.5. The fourth-order valence-electron chi connectivity index (χ4n) is 2.79. The lowest BCUT2D eigenvalue weighted by Gasteiger charge is -2.35. The highest BCUT2D eigenvalue weighted by Crippen LogP contribution is 2.32. The Balaban J connectivity index is 1.67. The molecule has 1 aromatic rings. The minimum Gasteiger partial charge on any atom is -0.490 e. The molecule has 6 heteroatoms. The number of rotatable bonds is 1. The summed E-state index contributed by atoms with van der Waals surface area (Å²) in [5.41, 5.74) is 0.709. The normalized spacial score (nSPS) is 24.5. The molecular formula is C16H22N2O4. The minimum atomic E-state index is -0.114. The Labute approximate surface area is 130 Å². The summed E-state index contributed by atoms with van der Waals surface area (Å²) < 4.78 is 16.9. The van der Waals surface area contributed by atoms with Crippen LogP contribution in [0.25, 0.3) is 0 Å². The molecule has 2 aliphatic rings. The number of hydrogen-bond acceptors (Lipinski definition) is 4. The van der Waals surface area contributed by atoms with E-state index >= 15 is 0 Å². The third-order valence-electron chi connectivity index (χ3n) is 3.71. The molecule has 2 unspecified atom stereocenters. The lowest BCUT2D eigenvalue weighted by molar-refractivity contribution is -0.0530. The summed E-state index contributed by atoms with van der Waals surface area (Å²) in [7, 11) is 0. The molecular weight excluding hydrogens is 284 g/mol. The highest BCUT2D eigenvalue weighted by Gasteiger charge is 2.26. The quantitative estimate of drug-likeness (QED) is 0.866. The average molecular weight is 306 g/mol. The number of ether oxygens (including phenoxy) is 3. The molecule has 2 amide bonds. The standard InChI is InChI=1S/C16H22N2O4/c1-11-9-18(10-12(2)22-11)16(19)17-13-4-5-14-15(8-13)21-7-3-6-20-14/h4-5,8,11-12H,3,6-7,9-10H2,1-2H3,(H,17,19). The summed E-state index contributed by atoms with van der Waals surface area (Å²) in [6.45, 7) is 6.43. The van der Waals surface area contributed by atoms with E-state index in [1.165, 1.54) is 0 Å². The van der Waals surface area contributed by atoms with Crippen molar-refractivity contribution in [2.75, 3.05) is 31.6 Å². The molecule has 0 aromatic heterocycles. The summed E-state index contributed by atoms with van der Waals surface area (Å²) in [4.78, 5) is 14.2. The van der Waals surface area contributed by atoms with E-state index in [2.05, 4.69) is 5.32 Å². The second kappa shape index (κ2) is 6.44. The van der Waals surface area contributed by atoms with Crippen molar-refractivity contribution in [3.8, 4) is 11.5 Å². The van der Waals surface area contributed by atoms with Gasteiger partial charge >= 0.3 is 6.03 Å². The van der Waals surface area contributed by atoms with Gasteiger partial charge in [0.25, 0.3) is 0 Å². The third-order valence-corrected chi connectivity index (χ3v) is 3.71. The molecule has 1 N–H and O–H groups in total. The predicted molar refractivity (Wildman–Crippen MR) is 82.6 cm³/mol. The lowest BCUT2D eigenvalue weighted by Crippen LogP contribution is -2.49. The van der Waals surface area contributed by atoms with Gasteiger partial charge in [-0.2, -0.15) is 0 Å². The van der Waals surface area contributed by atoms with E-state index in [-0.39, 0.29) is 18.2 Å². The summed E-state index contributed by atoms with van der Waals surface area (Å²) >= 11 is 0. The first-order chi connectivity index (χ1) is 10.6. The monoisotopic (exact) mass is 306 g/mol. The maximum absolute atomic E-state index is 12.4. The Hall–Kier alpha value is -1.95. The van der Waals surface area contributed by atoms with Crippen LogP contribution >= 0.6 is 0 Å². The van der Waals surface area contributed by atoms with Gasteiger partial charge in [-0.1, -0.05) is 0 Å². The van der Waals surface area contributed by atoms with Crippen LogP contribution in [0.15, 0.2) is 18.2 Å². The van der Waals surface area contributed by atoms with Crippen molar-refractivity contribution >= 4 is 11.7 Å². The highest BCUT2D eigenvalue weighted by molar-refractivity contribution is 5.89. The Morgan fingerprint density at radius 3 is 2.55 bits per heavy atom. The van der Waals surface area contributed by atoms with Gasteiger partial charge < -0.3 is 24.4 Å². The maximum Gasteiger partial charge on any atom is 0.322 e. The lowest BCUT2D eigenvalue weighted by atomic mass is 10.2. The van der Waals surface area contributed by atoms with Crippen molar-refractivity contribution < 1.29 is 19.0 Å². The van der Waals surface area contributed by atoms with Crippen LogP contribution in [0, 0.1) is 0 Å². The molecule has 3 rings (SSSR count). The van der Waals surface area contributed by atoms with E-state index < -0.39 is 0 Å². The van der Waals surface area contributed by atoms with Crippen molar-refractivity contribution in [2.24, 2.45) is 0 Å². The molecule has 0 radical (unpaired) electrons. The number of urea groups is 1. The Morgan fingerprint density at radius 1 is 1.14 bits per heavy atom. The van der Waals surface area contributed by atoms with Gasteiger partial charge in [-0.15, -0.1) is 0 Å². The highest BCUT2D eigenvalue weighted by atomic mass is 16.5. The van der Waals surface area contributed by atoms with Gasteiger partial charge in [-0.25, -0.2) is 4.79 Å². The predicted octanol–water partition coefficient (Wildman–Crippen LogP) is 2.49. The van der Waals surface area contributed by atoms with E-state index in [1.54, 1.807) is 4.90 Å². The van der Waals surface area contributed by atoms with Gasteiger partial charge in [0.15, 0.2) is 11.5 Å². The fourth-order valence-corrected chi connectivity index (χ4v) is 2.79. The summed E-state index contributed by atoms with van der Waals surface area (Å²) in [5.74, 6) is 1.41. The largest absolute Gasteiger partial charge is 0.490 e. The van der Waals surface area contributed by atoms with E-state index in [0.717, 1.165) is 12.2 Å². The molecule has 2 heterocycles. The smallest absolute Gasteiger partial charge is 0.322 e. The summed E-state index contributed by atoms with van der Waals surface area (Å²) in [5, 5.41) is 2.92. The molecule has 0 aliphatic carbocycles. The molecule has 0 saturated carbocycles. The molecule has 120 valence electrons. The van der Waals surface area contributed by atoms with Crippen LogP contribution < -0.4 is 14.8 Å². The van der Waals surface area contributed by atoms with Gasteiger partial charge in [-0.3, -0.25) is 0 Å². The zero-order valence-electron chi connectivity index (χ0n) is 13.0. The number of benzene rings is 1. The van der Waals surface area contributed by atoms with Gasteiger partial charge in [0.2, 0.25) is 0 Å². The molecule has 22 heavy (non-hydrogen) atoms. The second-order valence-electron chi connectivity index (χ2n) is 5.80. The van der Waals surface area contributed by atoms with Crippen LogP contribution in [0.2, 0.25) is 0 Å². The summed E-state index contributed by atoms with van der Waals surface area (Å²) in [6, 6.07) is 5.36. The van der Waals surface area contributed by atoms with Crippen LogP contribution in [0.5, 0.6) is 11.5 Å². The molecule has 0 bridgehead atoms. The number of fused-ring (bicyclic) bond motifs is 1. The molecule has 1 saturated heterocycles. The van der Waals surface area contributed by atoms with E-state index in [9.17, 15) is 4.79 Å². The molecule has 2 atom stereocenters. The fraction of sp³-hybridized carbons (Fsp3) is 0.562. The SMILES string of the molecule is CC1CN(C(=O)Nc2ccc3c(c2)OCCCO3)CC(C)O1. The van der Waals surface area contributed by atoms with Gasteiger partial charge in [-0.05, 0) is 26.0 Å². The van der Waals surface area contributed by atoms with Gasteiger partial charge in [0.05, 0.1) is 25.4 Å². The first kappa shape index (κ1) is 15.0. The number of carbonyl (C=O) groups excluding carboxylic acids is 1. The van der Waals surface area contributed by atoms with Crippen molar-refractivity contribution in [2.45, 2.75) is 32.5 Å². The topological polar surface area (TPSA) is 60.0 Å². The number of carbonyl (C=O) groups is 1. The van der Waals surface area contributed by atoms with E-state index in [4.69, 9.17) is 14.2 Å². The molecule has 2 aliphatic heterocycles. The van der Waals surface area contributed by atoms with Crippen LogP contribution in [0.4, 0.5) is 10.5 Å². The molecule has 6 nitrogen and oxygen atoms in total. The number of amides is 2. The maximum atomic E-state index is 12.4. The Morgan fingerprint density at radius 2 is 1.82 bits per heavy atom.